The Labute approximate surface area is 144 Å². The Morgan fingerprint density at radius 3 is 2.70 bits per heavy atom. The summed E-state index contributed by atoms with van der Waals surface area (Å²) in [4.78, 5) is 24.3. The van der Waals surface area contributed by atoms with Crippen LogP contribution in [0, 0.1) is 19.8 Å². The number of benzene rings is 1. The van der Waals surface area contributed by atoms with Gasteiger partial charge in [-0.2, -0.15) is 0 Å². The molecule has 0 aliphatic carbocycles. The zero-order chi connectivity index (χ0) is 16.1. The van der Waals surface area contributed by atoms with Crippen molar-refractivity contribution in [1.29, 1.82) is 0 Å². The van der Waals surface area contributed by atoms with E-state index in [1.807, 2.05) is 32.0 Å². The van der Waals surface area contributed by atoms with Gasteiger partial charge in [-0.15, -0.1) is 12.4 Å². The molecule has 0 aromatic heterocycles. The van der Waals surface area contributed by atoms with E-state index in [-0.39, 0.29) is 43.0 Å². The molecule has 2 atom stereocenters. The summed E-state index contributed by atoms with van der Waals surface area (Å²) in [6, 6.07) is 6.09. The van der Waals surface area contributed by atoms with E-state index < -0.39 is 0 Å². The molecule has 1 saturated heterocycles. The standard InChI is InChI=1S/C18H26N2O2.ClH/c1-12-4-5-13(2)15(10-12)17(21)6-7-18(22)20-16-8-9-19-11-14(16)3;/h4-5,10,14,16,19H,6-9,11H2,1-3H3,(H,20,22);1H. The van der Waals surface area contributed by atoms with Crippen LogP contribution >= 0.6 is 12.4 Å². The van der Waals surface area contributed by atoms with Gasteiger partial charge in [-0.05, 0) is 50.9 Å². The fourth-order valence-corrected chi connectivity index (χ4v) is 2.91. The molecule has 2 rings (SSSR count). The molecular weight excluding hydrogens is 312 g/mol. The molecule has 0 bridgehead atoms. The van der Waals surface area contributed by atoms with Crippen LogP contribution in [0.4, 0.5) is 0 Å². The monoisotopic (exact) mass is 338 g/mol. The van der Waals surface area contributed by atoms with Crippen molar-refractivity contribution in [3.05, 3.63) is 34.9 Å². The first-order chi connectivity index (χ1) is 10.5. The molecule has 1 aliphatic heterocycles. The molecule has 4 nitrogen and oxygen atoms in total. The number of rotatable bonds is 5. The highest BCUT2D eigenvalue weighted by Crippen LogP contribution is 2.15. The number of carbonyl (C=O) groups excluding carboxylic acids is 2. The van der Waals surface area contributed by atoms with Gasteiger partial charge in [-0.1, -0.05) is 24.6 Å². The van der Waals surface area contributed by atoms with Gasteiger partial charge >= 0.3 is 0 Å². The van der Waals surface area contributed by atoms with E-state index >= 15 is 0 Å². The Kier molecular flexibility index (Phi) is 7.73. The van der Waals surface area contributed by atoms with Gasteiger partial charge in [0.1, 0.15) is 0 Å². The minimum absolute atomic E-state index is 0. The SMILES string of the molecule is Cc1ccc(C)c(C(=O)CCC(=O)NC2CCNCC2C)c1.Cl. The normalized spacial score (nSPS) is 20.5. The van der Waals surface area contributed by atoms with Crippen molar-refractivity contribution >= 4 is 24.1 Å². The second-order valence-electron chi connectivity index (χ2n) is 6.39. The smallest absolute Gasteiger partial charge is 0.220 e. The molecule has 0 radical (unpaired) electrons. The maximum absolute atomic E-state index is 12.3. The van der Waals surface area contributed by atoms with E-state index in [9.17, 15) is 9.59 Å². The van der Waals surface area contributed by atoms with Gasteiger partial charge in [-0.25, -0.2) is 0 Å². The highest BCUT2D eigenvalue weighted by Gasteiger charge is 2.22. The quantitative estimate of drug-likeness (QED) is 0.812. The molecule has 1 fully saturated rings. The Morgan fingerprint density at radius 1 is 1.26 bits per heavy atom. The van der Waals surface area contributed by atoms with E-state index in [1.165, 1.54) is 0 Å². The molecule has 0 spiro atoms. The van der Waals surface area contributed by atoms with Crippen LogP contribution in [0.2, 0.25) is 0 Å². The van der Waals surface area contributed by atoms with E-state index in [0.717, 1.165) is 36.2 Å². The highest BCUT2D eigenvalue weighted by molar-refractivity contribution is 5.99. The topological polar surface area (TPSA) is 58.2 Å². The molecular formula is C18H27ClN2O2. The van der Waals surface area contributed by atoms with Gasteiger partial charge in [0.2, 0.25) is 5.91 Å². The third-order valence-corrected chi connectivity index (χ3v) is 4.40. The molecule has 128 valence electrons. The summed E-state index contributed by atoms with van der Waals surface area (Å²) in [6.07, 6.45) is 1.50. The number of hydrogen-bond acceptors (Lipinski definition) is 3. The highest BCUT2D eigenvalue weighted by atomic mass is 35.5. The number of carbonyl (C=O) groups is 2. The molecule has 2 N–H and O–H groups in total. The van der Waals surface area contributed by atoms with Gasteiger partial charge in [0, 0.05) is 24.4 Å². The van der Waals surface area contributed by atoms with Crippen LogP contribution < -0.4 is 10.6 Å². The first-order valence-electron chi connectivity index (χ1n) is 8.08. The van der Waals surface area contributed by atoms with Crippen LogP contribution in [0.1, 0.15) is 47.7 Å². The predicted octanol–water partition coefficient (Wildman–Crippen LogP) is 2.80. The Morgan fingerprint density at radius 2 is 2.00 bits per heavy atom. The number of piperidine rings is 1. The van der Waals surface area contributed by atoms with E-state index in [0.29, 0.717) is 5.92 Å². The van der Waals surface area contributed by atoms with Crippen molar-refractivity contribution in [1.82, 2.24) is 10.6 Å². The van der Waals surface area contributed by atoms with Crippen molar-refractivity contribution in [2.45, 2.75) is 46.1 Å². The predicted molar refractivity (Wildman–Crippen MR) is 95.3 cm³/mol. The maximum atomic E-state index is 12.3. The first-order valence-corrected chi connectivity index (χ1v) is 8.08. The summed E-state index contributed by atoms with van der Waals surface area (Å²) in [5.41, 5.74) is 2.79. The van der Waals surface area contributed by atoms with Gasteiger partial charge in [0.15, 0.2) is 5.78 Å². The summed E-state index contributed by atoms with van der Waals surface area (Å²) in [6.45, 7) is 7.92. The number of Topliss-reactive ketones (excluding diaryl/α,β-unsaturated/α-hetero) is 1. The number of amides is 1. The number of hydrogen-bond donors (Lipinski definition) is 2. The van der Waals surface area contributed by atoms with Crippen LogP contribution in [0.3, 0.4) is 0 Å². The third-order valence-electron chi connectivity index (χ3n) is 4.40. The van der Waals surface area contributed by atoms with Crippen LogP contribution in [-0.2, 0) is 4.79 Å². The zero-order valence-electron chi connectivity index (χ0n) is 14.1. The van der Waals surface area contributed by atoms with E-state index in [4.69, 9.17) is 0 Å². The van der Waals surface area contributed by atoms with Crippen molar-refractivity contribution < 1.29 is 9.59 Å². The second kappa shape index (κ2) is 9.04. The minimum atomic E-state index is -0.0163. The molecule has 1 amide bonds. The lowest BCUT2D eigenvalue weighted by atomic mass is 9.95. The van der Waals surface area contributed by atoms with Gasteiger partial charge < -0.3 is 10.6 Å². The van der Waals surface area contributed by atoms with E-state index in [2.05, 4.69) is 17.6 Å². The van der Waals surface area contributed by atoms with Crippen molar-refractivity contribution in [2.75, 3.05) is 13.1 Å². The van der Waals surface area contributed by atoms with Gasteiger partial charge in [-0.3, -0.25) is 9.59 Å². The number of aryl methyl sites for hydroxylation is 2. The molecule has 2 unspecified atom stereocenters. The molecule has 1 aliphatic rings. The largest absolute Gasteiger partial charge is 0.353 e. The van der Waals surface area contributed by atoms with Crippen molar-refractivity contribution in [3.63, 3.8) is 0 Å². The average molecular weight is 339 g/mol. The lowest BCUT2D eigenvalue weighted by Gasteiger charge is -2.30. The lowest BCUT2D eigenvalue weighted by Crippen LogP contribution is -2.48. The minimum Gasteiger partial charge on any atom is -0.353 e. The van der Waals surface area contributed by atoms with Crippen LogP contribution in [0.25, 0.3) is 0 Å². The molecule has 23 heavy (non-hydrogen) atoms. The molecule has 1 aromatic rings. The third kappa shape index (κ3) is 5.63. The van der Waals surface area contributed by atoms with Crippen LogP contribution in [-0.4, -0.2) is 30.8 Å². The Balaban J connectivity index is 0.00000264. The van der Waals surface area contributed by atoms with E-state index in [1.54, 1.807) is 0 Å². The van der Waals surface area contributed by atoms with Crippen molar-refractivity contribution in [2.24, 2.45) is 5.92 Å². The van der Waals surface area contributed by atoms with Crippen molar-refractivity contribution in [3.8, 4) is 0 Å². The summed E-state index contributed by atoms with van der Waals surface area (Å²) in [7, 11) is 0. The van der Waals surface area contributed by atoms with Gasteiger partial charge in [0.25, 0.3) is 0 Å². The number of ketones is 1. The summed E-state index contributed by atoms with van der Waals surface area (Å²) in [5, 5.41) is 6.39. The lowest BCUT2D eigenvalue weighted by molar-refractivity contribution is -0.122. The number of halogens is 1. The molecule has 0 saturated carbocycles. The number of nitrogens with one attached hydrogen (secondary N) is 2. The average Bonchev–Trinajstić information content (AvgIpc) is 2.49. The molecule has 5 heteroatoms. The first kappa shape index (κ1) is 19.7. The Hall–Kier alpha value is -1.39. The Bertz CT molecular complexity index is 560. The summed E-state index contributed by atoms with van der Waals surface area (Å²) >= 11 is 0. The summed E-state index contributed by atoms with van der Waals surface area (Å²) < 4.78 is 0. The fraction of sp³-hybridized carbons (Fsp3) is 0.556. The van der Waals surface area contributed by atoms with Crippen LogP contribution in [0.15, 0.2) is 18.2 Å². The second-order valence-corrected chi connectivity index (χ2v) is 6.39. The maximum Gasteiger partial charge on any atom is 0.220 e. The molecule has 1 aromatic carbocycles. The molecule has 1 heterocycles. The zero-order valence-corrected chi connectivity index (χ0v) is 15.0. The van der Waals surface area contributed by atoms with Gasteiger partial charge in [0.05, 0.1) is 0 Å². The fourth-order valence-electron chi connectivity index (χ4n) is 2.91. The van der Waals surface area contributed by atoms with Crippen LogP contribution in [0.5, 0.6) is 0 Å². The summed E-state index contributed by atoms with van der Waals surface area (Å²) in [5.74, 6) is 0.472.